The van der Waals surface area contributed by atoms with Gasteiger partial charge in [-0.1, -0.05) is 25.3 Å². The molecule has 0 aliphatic heterocycles. The summed E-state index contributed by atoms with van der Waals surface area (Å²) in [5.41, 5.74) is 3.43. The van der Waals surface area contributed by atoms with Gasteiger partial charge in [-0.25, -0.2) is 0 Å². The van der Waals surface area contributed by atoms with E-state index in [1.54, 1.807) is 6.33 Å². The molecule has 0 fully saturated rings. The van der Waals surface area contributed by atoms with Crippen molar-refractivity contribution in [1.82, 2.24) is 9.97 Å². The molecule has 61 valence electrons. The van der Waals surface area contributed by atoms with E-state index in [0.29, 0.717) is 0 Å². The second-order valence-electron chi connectivity index (χ2n) is 2.40. The fourth-order valence-electron chi connectivity index (χ4n) is 1.16. The average Bonchev–Trinajstić information content (AvgIpc) is 2.34. The van der Waals surface area contributed by atoms with Crippen molar-refractivity contribution in [3.63, 3.8) is 0 Å². The van der Waals surface area contributed by atoms with E-state index in [4.69, 9.17) is 0 Å². The van der Waals surface area contributed by atoms with Gasteiger partial charge < -0.3 is 9.97 Å². The van der Waals surface area contributed by atoms with Gasteiger partial charge in [-0.3, -0.25) is 0 Å². The van der Waals surface area contributed by atoms with Crippen molar-refractivity contribution in [2.45, 2.75) is 20.8 Å². The van der Waals surface area contributed by atoms with E-state index in [-0.39, 0.29) is 40.1 Å². The van der Waals surface area contributed by atoms with Gasteiger partial charge in [0.25, 0.3) is 0 Å². The molecule has 0 amide bonds. The van der Waals surface area contributed by atoms with Crippen molar-refractivity contribution >= 4 is 5.57 Å². The summed E-state index contributed by atoms with van der Waals surface area (Å²) < 4.78 is 0. The van der Waals surface area contributed by atoms with Crippen LogP contribution in [0.4, 0.5) is 0 Å². The molecule has 0 bridgehead atoms. The Morgan fingerprint density at radius 1 is 1.50 bits per heavy atom. The van der Waals surface area contributed by atoms with Crippen molar-refractivity contribution in [3.8, 4) is 0 Å². The van der Waals surface area contributed by atoms with E-state index >= 15 is 0 Å². The molecule has 1 aromatic heterocycles. The number of nitrogens with zero attached hydrogens (tertiary/aromatic N) is 2. The zero-order valence-corrected chi connectivity index (χ0v) is 9.17. The maximum atomic E-state index is 4.13. The van der Waals surface area contributed by atoms with Gasteiger partial charge in [0.05, 0.1) is 0 Å². The van der Waals surface area contributed by atoms with Crippen LogP contribution in [0.3, 0.4) is 0 Å². The first kappa shape index (κ1) is 11.9. The smallest absolute Gasteiger partial charge is 0 e. The molecule has 0 saturated heterocycles. The molecule has 1 heterocycles. The van der Waals surface area contributed by atoms with Gasteiger partial charge in [-0.15, -0.1) is 5.56 Å². The first-order chi connectivity index (χ1) is 4.88. The van der Waals surface area contributed by atoms with Gasteiger partial charge in [0.1, 0.15) is 0 Å². The molecular formula is C9H11N2Y-. The third-order valence-corrected chi connectivity index (χ3v) is 1.72. The molecule has 0 unspecified atom stereocenters. The molecule has 2 rings (SSSR count). The van der Waals surface area contributed by atoms with Crippen LogP contribution >= 0.6 is 0 Å². The zero-order chi connectivity index (χ0) is 6.97. The molecule has 0 atom stereocenters. The van der Waals surface area contributed by atoms with Gasteiger partial charge in [-0.05, 0) is 25.4 Å². The summed E-state index contributed by atoms with van der Waals surface area (Å²) in [4.78, 5) is 7.95. The Balaban J connectivity index is 0.000000605. The number of allylic oxidation sites excluding steroid dienone is 2. The third kappa shape index (κ3) is 1.99. The second kappa shape index (κ2) is 4.83. The maximum absolute atomic E-state index is 4.13. The average molecular weight is 236 g/mol. The maximum Gasteiger partial charge on any atom is 0 e. The normalized spacial score (nSPS) is 12.2. The topological polar surface area (TPSA) is 25.8 Å². The van der Waals surface area contributed by atoms with Gasteiger partial charge in [0.15, 0.2) is 0 Å². The minimum Gasteiger partial charge on any atom is -0.376 e. The van der Waals surface area contributed by atoms with E-state index in [1.807, 2.05) is 0 Å². The summed E-state index contributed by atoms with van der Waals surface area (Å²) in [6.07, 6.45) is 7.55. The molecule has 12 heavy (non-hydrogen) atoms. The molecule has 1 aliphatic rings. The molecule has 0 saturated carbocycles. The van der Waals surface area contributed by atoms with Crippen molar-refractivity contribution in [3.05, 3.63) is 29.9 Å². The van der Waals surface area contributed by atoms with Gasteiger partial charge in [0, 0.05) is 32.7 Å². The van der Waals surface area contributed by atoms with Crippen LogP contribution in [-0.2, 0) is 39.1 Å². The van der Waals surface area contributed by atoms with Crippen molar-refractivity contribution in [2.75, 3.05) is 0 Å². The summed E-state index contributed by atoms with van der Waals surface area (Å²) in [6.45, 7) is 2.06. The molecule has 1 radical (unpaired) electrons. The van der Waals surface area contributed by atoms with Crippen molar-refractivity contribution in [2.24, 2.45) is 0 Å². The Morgan fingerprint density at radius 3 is 2.92 bits per heavy atom. The Kier molecular flexibility index (Phi) is 4.80. The van der Waals surface area contributed by atoms with E-state index in [2.05, 4.69) is 29.2 Å². The second-order valence-corrected chi connectivity index (χ2v) is 2.40. The fourth-order valence-corrected chi connectivity index (χ4v) is 1.16. The minimum absolute atomic E-state index is 0. The minimum atomic E-state index is 0. The number of hydrogen-bond donors (Lipinski definition) is 0. The molecule has 1 aliphatic carbocycles. The van der Waals surface area contributed by atoms with Crippen LogP contribution in [0.1, 0.15) is 25.6 Å². The molecule has 2 nitrogen and oxygen atoms in total. The largest absolute Gasteiger partial charge is 0.376 e. The van der Waals surface area contributed by atoms with Crippen LogP contribution in [0, 0.1) is 6.20 Å². The molecule has 3 heteroatoms. The summed E-state index contributed by atoms with van der Waals surface area (Å²) in [5, 5.41) is 0. The molecule has 0 N–H and O–H groups in total. The van der Waals surface area contributed by atoms with E-state index in [0.717, 1.165) is 17.7 Å². The number of rotatable bonds is 0. The van der Waals surface area contributed by atoms with Crippen LogP contribution in [0.2, 0.25) is 0 Å². The Bertz CT molecular complexity index is 294. The van der Waals surface area contributed by atoms with Crippen LogP contribution in [0.25, 0.3) is 5.57 Å². The molecule has 0 aromatic carbocycles. The monoisotopic (exact) mass is 236 g/mol. The number of fused-ring (bicyclic) bond motifs is 1. The molecule has 0 spiro atoms. The fraction of sp³-hybridized carbons (Fsp3) is 0.333. The van der Waals surface area contributed by atoms with Crippen LogP contribution in [0.15, 0.2) is 12.4 Å². The first-order valence-corrected chi connectivity index (χ1v) is 3.26. The quantitative estimate of drug-likeness (QED) is 0.642. The Hall–Kier alpha value is -0.0761. The van der Waals surface area contributed by atoms with Gasteiger partial charge >= 0.3 is 0 Å². The predicted molar refractivity (Wildman–Crippen MR) is 45.0 cm³/mol. The predicted octanol–water partition coefficient (Wildman–Crippen LogP) is 1.87. The van der Waals surface area contributed by atoms with E-state index < -0.39 is 0 Å². The van der Waals surface area contributed by atoms with Crippen LogP contribution in [0.5, 0.6) is 0 Å². The van der Waals surface area contributed by atoms with Gasteiger partial charge in [0.2, 0.25) is 0 Å². The first-order valence-electron chi connectivity index (χ1n) is 3.26. The van der Waals surface area contributed by atoms with Crippen molar-refractivity contribution in [1.29, 1.82) is 0 Å². The molecular weight excluding hydrogens is 225 g/mol. The molecule has 1 aromatic rings. The SMILES string of the molecule is C.CC1=CCc2[c-]ncnc21.[Y]. The van der Waals surface area contributed by atoms with E-state index in [1.165, 1.54) is 5.57 Å². The van der Waals surface area contributed by atoms with Crippen molar-refractivity contribution < 1.29 is 32.7 Å². The standard InChI is InChI=1S/C8H7N2.CH4.Y/c1-6-2-3-7-4-9-5-10-8(6)7;;/h2,5H,3H2,1H3;1H4;/q-1;;. The zero-order valence-electron chi connectivity index (χ0n) is 6.33. The Morgan fingerprint density at radius 2 is 2.25 bits per heavy atom. The summed E-state index contributed by atoms with van der Waals surface area (Å²) in [5.74, 6) is 0. The summed E-state index contributed by atoms with van der Waals surface area (Å²) in [6, 6.07) is 0. The third-order valence-electron chi connectivity index (χ3n) is 1.72. The van der Waals surface area contributed by atoms with Crippen LogP contribution < -0.4 is 0 Å². The van der Waals surface area contributed by atoms with E-state index in [9.17, 15) is 0 Å². The Labute approximate surface area is 98.4 Å². The number of hydrogen-bond acceptors (Lipinski definition) is 2. The van der Waals surface area contributed by atoms with Gasteiger partial charge in [-0.2, -0.15) is 0 Å². The van der Waals surface area contributed by atoms with Crippen LogP contribution in [-0.4, -0.2) is 9.97 Å². The summed E-state index contributed by atoms with van der Waals surface area (Å²) in [7, 11) is 0. The summed E-state index contributed by atoms with van der Waals surface area (Å²) >= 11 is 0. The number of aromatic nitrogens is 2.